The maximum absolute atomic E-state index is 12.9. The molecule has 2 atom stereocenters. The lowest BCUT2D eigenvalue weighted by molar-refractivity contribution is -0.596. The Balaban J connectivity index is 1.68. The number of carbonyl (C=O) groups excluding carboxylic acids is 2. The van der Waals surface area contributed by atoms with Crippen LogP contribution in [0.1, 0.15) is 27.5 Å². The molecule has 3 aromatic carbocycles. The zero-order chi connectivity index (χ0) is 22.5. The van der Waals surface area contributed by atoms with Gasteiger partial charge in [0.15, 0.2) is 6.04 Å². The van der Waals surface area contributed by atoms with Gasteiger partial charge in [0.25, 0.3) is 5.91 Å². The topological polar surface area (TPSA) is 79.7 Å². The third kappa shape index (κ3) is 4.32. The molecular weight excluding hydrogens is 406 g/mol. The van der Waals surface area contributed by atoms with Crippen molar-refractivity contribution in [2.24, 2.45) is 0 Å². The van der Waals surface area contributed by atoms with E-state index < -0.39 is 12.1 Å². The summed E-state index contributed by atoms with van der Waals surface area (Å²) < 4.78 is 12.3. The number of para-hydroxylation sites is 1. The van der Waals surface area contributed by atoms with Crippen LogP contribution in [-0.2, 0) is 4.79 Å². The van der Waals surface area contributed by atoms with Crippen LogP contribution in [-0.4, -0.2) is 43.0 Å². The first-order valence-corrected chi connectivity index (χ1v) is 10.2. The van der Waals surface area contributed by atoms with Crippen LogP contribution in [0.15, 0.2) is 78.9 Å². The van der Waals surface area contributed by atoms with Gasteiger partial charge in [0.05, 0.1) is 19.8 Å². The molecule has 0 aliphatic carbocycles. The second kappa shape index (κ2) is 9.34. The number of hydrogen-bond donors (Lipinski definition) is 2. The average molecular weight is 430 g/mol. The van der Waals surface area contributed by atoms with Gasteiger partial charge >= 0.3 is 5.91 Å². The number of methoxy groups -OCH3 is 2. The van der Waals surface area contributed by atoms with Crippen molar-refractivity contribution in [1.29, 1.82) is 0 Å². The van der Waals surface area contributed by atoms with Crippen molar-refractivity contribution in [3.05, 3.63) is 95.6 Å². The Labute approximate surface area is 186 Å². The number of nitrogens with one attached hydrogen (secondary N) is 2. The van der Waals surface area contributed by atoms with E-state index in [2.05, 4.69) is 10.7 Å². The molecule has 1 saturated heterocycles. The number of nitrogens with zero attached hydrogens (tertiary/aromatic N) is 1. The summed E-state index contributed by atoms with van der Waals surface area (Å²) in [5, 5.41) is 2.89. The van der Waals surface area contributed by atoms with E-state index in [9.17, 15) is 9.59 Å². The van der Waals surface area contributed by atoms with Gasteiger partial charge in [-0.1, -0.05) is 42.5 Å². The number of rotatable bonds is 6. The smallest absolute Gasteiger partial charge is 0.304 e. The molecule has 1 aliphatic heterocycles. The highest BCUT2D eigenvalue weighted by Crippen LogP contribution is 2.26. The third-order valence-electron chi connectivity index (χ3n) is 5.33. The van der Waals surface area contributed by atoms with Gasteiger partial charge in [-0.05, 0) is 36.4 Å². The molecule has 32 heavy (non-hydrogen) atoms. The van der Waals surface area contributed by atoms with E-state index in [0.717, 1.165) is 11.1 Å². The molecule has 0 unspecified atom stereocenters. The zero-order valence-electron chi connectivity index (χ0n) is 17.8. The second-order valence-electron chi connectivity index (χ2n) is 7.29. The summed E-state index contributed by atoms with van der Waals surface area (Å²) in [5.74, 6) is 0.693. The van der Waals surface area contributed by atoms with Gasteiger partial charge in [0.2, 0.25) is 12.3 Å². The third-order valence-corrected chi connectivity index (χ3v) is 5.33. The van der Waals surface area contributed by atoms with Crippen LogP contribution in [0.2, 0.25) is 0 Å². The standard InChI is InChI=1S/C25H23N3O4/c1-31-20-14-12-18(13-15-20)24(29)26-22-23(17-8-4-3-5-9-17)28(27-25(22)30)16-19-10-6-7-11-21(19)32-2/h3-16,22-23H,1-2H3,(H-,26,27,29,30)/p+1/b28-16-/t22-,23+/m0/s1. The van der Waals surface area contributed by atoms with Gasteiger partial charge < -0.3 is 14.8 Å². The molecule has 2 N–H and O–H groups in total. The molecule has 0 saturated carbocycles. The number of hydrogen-bond acceptors (Lipinski definition) is 4. The summed E-state index contributed by atoms with van der Waals surface area (Å²) in [6, 6.07) is 22.6. The summed E-state index contributed by atoms with van der Waals surface area (Å²) in [6.07, 6.45) is 1.81. The quantitative estimate of drug-likeness (QED) is 0.590. The van der Waals surface area contributed by atoms with Crippen molar-refractivity contribution >= 4 is 18.0 Å². The van der Waals surface area contributed by atoms with E-state index in [1.165, 1.54) is 0 Å². The van der Waals surface area contributed by atoms with Crippen LogP contribution in [0.25, 0.3) is 0 Å². The number of hydrazine groups is 1. The lowest BCUT2D eigenvalue weighted by atomic mass is 10.00. The molecule has 7 heteroatoms. The molecule has 1 aliphatic rings. The largest absolute Gasteiger partial charge is 0.497 e. The van der Waals surface area contributed by atoms with Crippen molar-refractivity contribution in [3.8, 4) is 11.5 Å². The van der Waals surface area contributed by atoms with E-state index in [4.69, 9.17) is 9.47 Å². The fourth-order valence-corrected chi connectivity index (χ4v) is 3.72. The molecule has 7 nitrogen and oxygen atoms in total. The lowest BCUT2D eigenvalue weighted by Gasteiger charge is -2.15. The molecule has 162 valence electrons. The first kappa shape index (κ1) is 21.1. The molecular formula is C25H24N3O4+. The number of ether oxygens (including phenoxy) is 2. The molecule has 1 heterocycles. The predicted molar refractivity (Wildman–Crippen MR) is 120 cm³/mol. The zero-order valence-corrected chi connectivity index (χ0v) is 17.8. The van der Waals surface area contributed by atoms with Crippen LogP contribution < -0.4 is 20.2 Å². The number of hydrazone groups is 1. The molecule has 0 aromatic heterocycles. The van der Waals surface area contributed by atoms with Gasteiger partial charge in [-0.15, -0.1) is 10.1 Å². The maximum atomic E-state index is 12.9. The van der Waals surface area contributed by atoms with E-state index >= 15 is 0 Å². The van der Waals surface area contributed by atoms with Gasteiger partial charge in [0.1, 0.15) is 11.5 Å². The molecule has 0 bridgehead atoms. The first-order valence-electron chi connectivity index (χ1n) is 10.2. The normalized spacial score (nSPS) is 18.8. The van der Waals surface area contributed by atoms with E-state index in [1.54, 1.807) is 43.2 Å². The van der Waals surface area contributed by atoms with Crippen LogP contribution in [0, 0.1) is 0 Å². The second-order valence-corrected chi connectivity index (χ2v) is 7.29. The number of carbonyl (C=O) groups is 2. The van der Waals surface area contributed by atoms with Crippen LogP contribution in [0.5, 0.6) is 11.5 Å². The summed E-state index contributed by atoms with van der Waals surface area (Å²) >= 11 is 0. The van der Waals surface area contributed by atoms with Crippen molar-refractivity contribution in [2.45, 2.75) is 12.1 Å². The van der Waals surface area contributed by atoms with E-state index in [-0.39, 0.29) is 11.8 Å². The van der Waals surface area contributed by atoms with Crippen molar-refractivity contribution in [2.75, 3.05) is 14.2 Å². The highest BCUT2D eigenvalue weighted by atomic mass is 16.5. The van der Waals surface area contributed by atoms with Gasteiger partial charge in [-0.3, -0.25) is 9.59 Å². The van der Waals surface area contributed by atoms with Crippen molar-refractivity contribution in [1.82, 2.24) is 10.7 Å². The van der Waals surface area contributed by atoms with E-state index in [1.807, 2.05) is 60.8 Å². The van der Waals surface area contributed by atoms with E-state index in [0.29, 0.717) is 17.1 Å². The Morgan fingerprint density at radius 1 is 0.938 bits per heavy atom. The summed E-state index contributed by atoms with van der Waals surface area (Å²) in [4.78, 5) is 25.8. The lowest BCUT2D eigenvalue weighted by Crippen LogP contribution is -2.42. The fraction of sp³-hybridized carbons (Fsp3) is 0.160. The summed E-state index contributed by atoms with van der Waals surface area (Å²) in [6.45, 7) is 0. The van der Waals surface area contributed by atoms with Gasteiger partial charge in [-0.2, -0.15) is 0 Å². The molecule has 1 fully saturated rings. The monoisotopic (exact) mass is 430 g/mol. The Kier molecular flexibility index (Phi) is 6.17. The maximum Gasteiger partial charge on any atom is 0.304 e. The molecule has 4 rings (SSSR count). The highest BCUT2D eigenvalue weighted by Gasteiger charge is 2.47. The van der Waals surface area contributed by atoms with Crippen LogP contribution in [0.3, 0.4) is 0 Å². The molecule has 2 amide bonds. The van der Waals surface area contributed by atoms with Crippen LogP contribution in [0.4, 0.5) is 0 Å². The van der Waals surface area contributed by atoms with Crippen molar-refractivity contribution in [3.63, 3.8) is 0 Å². The van der Waals surface area contributed by atoms with Crippen LogP contribution >= 0.6 is 0 Å². The molecule has 3 aromatic rings. The highest BCUT2D eigenvalue weighted by molar-refractivity contribution is 5.98. The Hall–Kier alpha value is -4.13. The fourth-order valence-electron chi connectivity index (χ4n) is 3.72. The van der Waals surface area contributed by atoms with Gasteiger partial charge in [-0.25, -0.2) is 0 Å². The molecule has 0 radical (unpaired) electrons. The molecule has 0 spiro atoms. The minimum absolute atomic E-state index is 0.299. The SMILES string of the molecule is COc1ccc(C(=O)N[C@@H]2C(=O)N/[N+](=C\c3ccccc3OC)[C@@H]2c2ccccc2)cc1. The number of amides is 2. The van der Waals surface area contributed by atoms with Crippen molar-refractivity contribution < 1.29 is 23.7 Å². The first-order chi connectivity index (χ1) is 15.6. The predicted octanol–water partition coefficient (Wildman–Crippen LogP) is 2.72. The Bertz CT molecular complexity index is 1140. The Morgan fingerprint density at radius 2 is 1.62 bits per heavy atom. The minimum atomic E-state index is -0.794. The number of benzene rings is 3. The van der Waals surface area contributed by atoms with Gasteiger partial charge in [0, 0.05) is 11.1 Å². The Morgan fingerprint density at radius 3 is 2.31 bits per heavy atom. The summed E-state index contributed by atoms with van der Waals surface area (Å²) in [7, 11) is 3.16. The minimum Gasteiger partial charge on any atom is -0.497 e. The summed E-state index contributed by atoms with van der Waals surface area (Å²) in [5.41, 5.74) is 5.01. The average Bonchev–Trinajstić information content (AvgIpc) is 3.14.